The van der Waals surface area contributed by atoms with Gasteiger partial charge in [0.2, 0.25) is 5.95 Å². The van der Waals surface area contributed by atoms with Crippen molar-refractivity contribution in [1.82, 2.24) is 24.1 Å². The number of piperidine rings is 1. The SMILES string of the molecule is CC(O)c1sc(-c2nc(NC3CCN(Sc4cnn(C)c4)CC3F)ncc2C(F)(F)F)cc1C#N. The highest BCUT2D eigenvalue weighted by atomic mass is 32.2. The van der Waals surface area contributed by atoms with Crippen LogP contribution in [-0.2, 0) is 13.2 Å². The number of thiophene rings is 1. The normalized spacial score (nSPS) is 19.9. The second-order valence-electron chi connectivity index (χ2n) is 8.01. The molecule has 0 saturated carbocycles. The summed E-state index contributed by atoms with van der Waals surface area (Å²) in [5, 5.41) is 26.1. The highest BCUT2D eigenvalue weighted by Gasteiger charge is 2.37. The number of nitrogens with zero attached hydrogens (tertiary/aromatic N) is 6. The lowest BCUT2D eigenvalue weighted by Crippen LogP contribution is -2.45. The van der Waals surface area contributed by atoms with Crippen LogP contribution in [0.4, 0.5) is 23.5 Å². The van der Waals surface area contributed by atoms with E-state index >= 15 is 0 Å². The number of aromatic nitrogens is 4. The topological polar surface area (TPSA) is 103 Å². The molecule has 0 bridgehead atoms. The molecule has 3 aromatic rings. The Hall–Kier alpha value is -2.73. The van der Waals surface area contributed by atoms with Crippen molar-refractivity contribution >= 4 is 29.2 Å². The predicted molar refractivity (Wildman–Crippen MR) is 123 cm³/mol. The standard InChI is InChI=1S/C21H21F4N7OS2/c1-11(33)19-12(6-26)5-17(34-19)18-14(21(23,24)25)8-27-20(30-18)29-16-3-4-32(10-15(16)22)35-13-7-28-31(2)9-13/h5,7-9,11,15-16,33H,3-4,10H2,1-2H3,(H,27,29,30). The molecule has 1 saturated heterocycles. The van der Waals surface area contributed by atoms with Crippen molar-refractivity contribution in [1.29, 1.82) is 5.26 Å². The number of aliphatic hydroxyl groups excluding tert-OH is 1. The van der Waals surface area contributed by atoms with E-state index in [2.05, 4.69) is 20.4 Å². The third-order valence-electron chi connectivity index (χ3n) is 5.32. The van der Waals surface area contributed by atoms with Crippen molar-refractivity contribution < 1.29 is 22.7 Å². The third-order valence-corrected chi connectivity index (χ3v) is 7.65. The Kier molecular flexibility index (Phi) is 7.32. The first-order valence-electron chi connectivity index (χ1n) is 10.5. The number of anilines is 1. The molecule has 3 unspecified atom stereocenters. The molecule has 0 spiro atoms. The molecule has 1 aliphatic rings. The fourth-order valence-corrected chi connectivity index (χ4v) is 5.71. The van der Waals surface area contributed by atoms with Gasteiger partial charge in [-0.1, -0.05) is 0 Å². The molecule has 3 atom stereocenters. The summed E-state index contributed by atoms with van der Waals surface area (Å²) in [6, 6.07) is 2.46. The number of alkyl halides is 4. The summed E-state index contributed by atoms with van der Waals surface area (Å²) in [5.41, 5.74) is -1.43. The maximum atomic E-state index is 14.9. The summed E-state index contributed by atoms with van der Waals surface area (Å²) in [6.45, 7) is 2.08. The second-order valence-corrected chi connectivity index (χ2v) is 10.3. The lowest BCUT2D eigenvalue weighted by atomic mass is 10.1. The average molecular weight is 528 g/mol. The van der Waals surface area contributed by atoms with E-state index in [-0.39, 0.29) is 27.8 Å². The summed E-state index contributed by atoms with van der Waals surface area (Å²) in [7, 11) is 1.79. The summed E-state index contributed by atoms with van der Waals surface area (Å²) in [4.78, 5) is 9.03. The Morgan fingerprint density at radius 1 is 1.37 bits per heavy atom. The zero-order valence-corrected chi connectivity index (χ0v) is 20.3. The van der Waals surface area contributed by atoms with Crippen LogP contribution in [0.5, 0.6) is 0 Å². The highest BCUT2D eigenvalue weighted by molar-refractivity contribution is 7.97. The van der Waals surface area contributed by atoms with Crippen LogP contribution in [-0.4, -0.2) is 54.5 Å². The first kappa shape index (κ1) is 25.4. The van der Waals surface area contributed by atoms with Crippen LogP contribution in [0.1, 0.15) is 35.5 Å². The Labute approximate surface area is 206 Å². The van der Waals surface area contributed by atoms with Crippen LogP contribution in [0.25, 0.3) is 10.6 Å². The monoisotopic (exact) mass is 527 g/mol. The van der Waals surface area contributed by atoms with Crippen LogP contribution in [0, 0.1) is 11.3 Å². The maximum Gasteiger partial charge on any atom is 0.420 e. The molecule has 3 aromatic heterocycles. The van der Waals surface area contributed by atoms with Gasteiger partial charge in [0.1, 0.15) is 17.8 Å². The van der Waals surface area contributed by atoms with Crippen molar-refractivity contribution in [3.05, 3.63) is 40.7 Å². The van der Waals surface area contributed by atoms with Crippen molar-refractivity contribution in [3.8, 4) is 16.6 Å². The van der Waals surface area contributed by atoms with Gasteiger partial charge in [0.25, 0.3) is 0 Å². The average Bonchev–Trinajstić information content (AvgIpc) is 3.41. The number of halogens is 4. The smallest absolute Gasteiger partial charge is 0.388 e. The van der Waals surface area contributed by atoms with Crippen LogP contribution in [0.2, 0.25) is 0 Å². The largest absolute Gasteiger partial charge is 0.420 e. The fraction of sp³-hybridized carbons (Fsp3) is 0.429. The minimum atomic E-state index is -4.74. The number of aliphatic hydroxyl groups is 1. The summed E-state index contributed by atoms with van der Waals surface area (Å²) in [5.74, 6) is -0.139. The van der Waals surface area contributed by atoms with Gasteiger partial charge in [-0.05, 0) is 31.4 Å². The molecule has 0 aromatic carbocycles. The predicted octanol–water partition coefficient (Wildman–Crippen LogP) is 4.41. The number of aryl methyl sites for hydroxylation is 1. The van der Waals surface area contributed by atoms with Gasteiger partial charge in [0.15, 0.2) is 0 Å². The Balaban J connectivity index is 1.55. The molecule has 1 fully saturated rings. The summed E-state index contributed by atoms with van der Waals surface area (Å²) < 4.78 is 59.5. The van der Waals surface area contributed by atoms with Crippen LogP contribution < -0.4 is 5.32 Å². The molecule has 35 heavy (non-hydrogen) atoms. The van der Waals surface area contributed by atoms with Crippen molar-refractivity contribution in [2.24, 2.45) is 7.05 Å². The third kappa shape index (κ3) is 5.75. The lowest BCUT2D eigenvalue weighted by Gasteiger charge is -2.33. The van der Waals surface area contributed by atoms with Crippen LogP contribution in [0.15, 0.2) is 29.6 Å². The first-order valence-corrected chi connectivity index (χ1v) is 12.1. The summed E-state index contributed by atoms with van der Waals surface area (Å²) >= 11 is 2.24. The molecule has 1 aliphatic heterocycles. The molecule has 2 N–H and O–H groups in total. The Morgan fingerprint density at radius 2 is 2.14 bits per heavy atom. The molecule has 0 aliphatic carbocycles. The zero-order chi connectivity index (χ0) is 25.3. The number of hydrogen-bond acceptors (Lipinski definition) is 9. The Bertz CT molecular complexity index is 1240. The number of rotatable bonds is 6. The number of nitrogens with one attached hydrogen (secondary N) is 1. The van der Waals surface area contributed by atoms with Gasteiger partial charge in [0, 0.05) is 32.5 Å². The van der Waals surface area contributed by atoms with E-state index in [4.69, 9.17) is 0 Å². The van der Waals surface area contributed by atoms with E-state index in [1.165, 1.54) is 24.9 Å². The van der Waals surface area contributed by atoms with Crippen molar-refractivity contribution in [2.45, 2.75) is 42.7 Å². The molecular weight excluding hydrogens is 506 g/mol. The van der Waals surface area contributed by atoms with E-state index in [0.29, 0.717) is 19.2 Å². The van der Waals surface area contributed by atoms with Gasteiger partial charge >= 0.3 is 6.18 Å². The summed E-state index contributed by atoms with van der Waals surface area (Å²) in [6.07, 6.45) is -2.53. The molecule has 0 radical (unpaired) electrons. The van der Waals surface area contributed by atoms with Crippen LogP contribution in [0.3, 0.4) is 0 Å². The second kappa shape index (κ2) is 10.1. The fourth-order valence-electron chi connectivity index (χ4n) is 3.65. The minimum Gasteiger partial charge on any atom is -0.388 e. The lowest BCUT2D eigenvalue weighted by molar-refractivity contribution is -0.137. The van der Waals surface area contributed by atoms with Gasteiger partial charge in [-0.2, -0.15) is 23.5 Å². The number of nitriles is 1. The molecule has 4 heterocycles. The van der Waals surface area contributed by atoms with Crippen LogP contribution >= 0.6 is 23.3 Å². The van der Waals surface area contributed by atoms with E-state index in [1.54, 1.807) is 17.9 Å². The molecule has 8 nitrogen and oxygen atoms in total. The van der Waals surface area contributed by atoms with Gasteiger partial charge in [-0.3, -0.25) is 4.68 Å². The van der Waals surface area contributed by atoms with Gasteiger partial charge < -0.3 is 10.4 Å². The van der Waals surface area contributed by atoms with E-state index < -0.39 is 35.8 Å². The number of hydrogen-bond donors (Lipinski definition) is 2. The first-order chi connectivity index (χ1) is 16.5. The van der Waals surface area contributed by atoms with Crippen molar-refractivity contribution in [2.75, 3.05) is 18.4 Å². The molecule has 14 heteroatoms. The highest BCUT2D eigenvalue weighted by Crippen LogP contribution is 2.41. The molecule has 4 rings (SSSR count). The zero-order valence-electron chi connectivity index (χ0n) is 18.6. The molecular formula is C21H21F4N7OS2. The molecule has 0 amide bonds. The Morgan fingerprint density at radius 3 is 2.71 bits per heavy atom. The van der Waals surface area contributed by atoms with Crippen molar-refractivity contribution in [3.63, 3.8) is 0 Å². The molecule has 186 valence electrons. The maximum absolute atomic E-state index is 14.9. The van der Waals surface area contributed by atoms with E-state index in [1.807, 2.05) is 16.6 Å². The van der Waals surface area contributed by atoms with Gasteiger partial charge in [-0.15, -0.1) is 11.3 Å². The quantitative estimate of drug-likeness (QED) is 0.359. The van der Waals surface area contributed by atoms with Gasteiger partial charge in [-0.25, -0.2) is 18.7 Å². The van der Waals surface area contributed by atoms with Gasteiger partial charge in [0.05, 0.1) is 44.2 Å². The minimum absolute atomic E-state index is 0.0645. The van der Waals surface area contributed by atoms with E-state index in [9.17, 15) is 27.9 Å². The van der Waals surface area contributed by atoms with E-state index in [0.717, 1.165) is 16.2 Å².